The molecule has 2 heteroatoms. The smallest absolute Gasteiger partial charge is 0.0725 e. The van der Waals surface area contributed by atoms with Gasteiger partial charge >= 0.3 is 0 Å². The van der Waals surface area contributed by atoms with Crippen molar-refractivity contribution in [1.29, 1.82) is 0 Å². The molecule has 1 aromatic carbocycles. The van der Waals surface area contributed by atoms with E-state index in [1.165, 1.54) is 48.8 Å². The van der Waals surface area contributed by atoms with Crippen LogP contribution in [0.3, 0.4) is 0 Å². The van der Waals surface area contributed by atoms with Crippen LogP contribution in [0.5, 0.6) is 0 Å². The number of hydrogen-bond acceptors (Lipinski definition) is 1. The minimum atomic E-state index is 0.525. The standard InChI is InChI=1S/C15H19BrO/c16-15(7-11-3-1-2-4-11)12-5-6-13-9-17-10-14(13)8-12/h5-6,8,11,15H,1-4,7,9-10H2. The summed E-state index contributed by atoms with van der Waals surface area (Å²) in [6, 6.07) is 6.83. The lowest BCUT2D eigenvalue weighted by Gasteiger charge is -2.15. The minimum absolute atomic E-state index is 0.525. The van der Waals surface area contributed by atoms with Gasteiger partial charge in [-0.2, -0.15) is 0 Å². The highest BCUT2D eigenvalue weighted by Gasteiger charge is 2.21. The zero-order valence-electron chi connectivity index (χ0n) is 10.1. The van der Waals surface area contributed by atoms with Crippen molar-refractivity contribution >= 4 is 15.9 Å². The van der Waals surface area contributed by atoms with Crippen molar-refractivity contribution in [3.8, 4) is 0 Å². The molecule has 0 bridgehead atoms. The molecule has 0 spiro atoms. The summed E-state index contributed by atoms with van der Waals surface area (Å²) in [5.74, 6) is 0.934. The molecule has 92 valence electrons. The molecule has 1 nitrogen and oxygen atoms in total. The molecular weight excluding hydrogens is 276 g/mol. The van der Waals surface area contributed by atoms with E-state index < -0.39 is 0 Å². The van der Waals surface area contributed by atoms with Gasteiger partial charge in [0.25, 0.3) is 0 Å². The average Bonchev–Trinajstić information content (AvgIpc) is 2.97. The Bertz CT molecular complexity index is 396. The Morgan fingerprint density at radius 1 is 1.18 bits per heavy atom. The maximum Gasteiger partial charge on any atom is 0.0725 e. The van der Waals surface area contributed by atoms with E-state index in [1.54, 1.807) is 0 Å². The van der Waals surface area contributed by atoms with E-state index in [2.05, 4.69) is 34.1 Å². The first-order chi connectivity index (χ1) is 8.33. The Balaban J connectivity index is 1.70. The Labute approximate surface area is 112 Å². The molecule has 1 atom stereocenters. The van der Waals surface area contributed by atoms with Crippen LogP contribution in [-0.2, 0) is 18.0 Å². The predicted octanol–water partition coefficient (Wildman–Crippen LogP) is 4.73. The number of hydrogen-bond donors (Lipinski definition) is 0. The average molecular weight is 295 g/mol. The molecule has 1 fully saturated rings. The van der Waals surface area contributed by atoms with Crippen LogP contribution in [0, 0.1) is 5.92 Å². The lowest BCUT2D eigenvalue weighted by molar-refractivity contribution is 0.134. The van der Waals surface area contributed by atoms with Gasteiger partial charge in [0.15, 0.2) is 0 Å². The molecular formula is C15H19BrO. The molecule has 1 unspecified atom stereocenters. The molecule has 1 aliphatic heterocycles. The fourth-order valence-electron chi connectivity index (χ4n) is 3.06. The summed E-state index contributed by atoms with van der Waals surface area (Å²) >= 11 is 3.86. The van der Waals surface area contributed by atoms with E-state index in [-0.39, 0.29) is 0 Å². The zero-order chi connectivity index (χ0) is 11.7. The van der Waals surface area contributed by atoms with Crippen LogP contribution in [0.15, 0.2) is 18.2 Å². The second kappa shape index (κ2) is 5.11. The van der Waals surface area contributed by atoms with Crippen molar-refractivity contribution in [2.45, 2.75) is 50.1 Å². The molecule has 0 aromatic heterocycles. The molecule has 3 rings (SSSR count). The van der Waals surface area contributed by atoms with Crippen LogP contribution < -0.4 is 0 Å². The summed E-state index contributed by atoms with van der Waals surface area (Å²) in [6.07, 6.45) is 7.01. The van der Waals surface area contributed by atoms with E-state index >= 15 is 0 Å². The van der Waals surface area contributed by atoms with Crippen molar-refractivity contribution in [3.05, 3.63) is 34.9 Å². The summed E-state index contributed by atoms with van der Waals surface area (Å²) in [4.78, 5) is 0.525. The van der Waals surface area contributed by atoms with Gasteiger partial charge in [-0.3, -0.25) is 0 Å². The first kappa shape index (κ1) is 11.7. The third-order valence-electron chi connectivity index (χ3n) is 4.12. The Morgan fingerprint density at radius 2 is 1.94 bits per heavy atom. The molecule has 1 aliphatic carbocycles. The summed E-state index contributed by atoms with van der Waals surface area (Å²) < 4.78 is 5.47. The van der Waals surface area contributed by atoms with Crippen molar-refractivity contribution in [1.82, 2.24) is 0 Å². The highest BCUT2D eigenvalue weighted by atomic mass is 79.9. The lowest BCUT2D eigenvalue weighted by atomic mass is 9.96. The third kappa shape index (κ3) is 2.58. The fourth-order valence-corrected chi connectivity index (χ4v) is 3.88. The molecule has 0 N–H and O–H groups in total. The topological polar surface area (TPSA) is 9.23 Å². The van der Waals surface area contributed by atoms with Crippen molar-refractivity contribution in [2.75, 3.05) is 0 Å². The number of fused-ring (bicyclic) bond motifs is 1. The highest BCUT2D eigenvalue weighted by Crippen LogP contribution is 2.38. The second-order valence-corrected chi connectivity index (χ2v) is 6.48. The van der Waals surface area contributed by atoms with Crippen molar-refractivity contribution < 1.29 is 4.74 Å². The molecule has 1 saturated carbocycles. The second-order valence-electron chi connectivity index (χ2n) is 5.37. The largest absolute Gasteiger partial charge is 0.372 e. The lowest BCUT2D eigenvalue weighted by Crippen LogP contribution is -2.00. The van der Waals surface area contributed by atoms with Crippen LogP contribution >= 0.6 is 15.9 Å². The first-order valence-corrected chi connectivity index (χ1v) is 7.58. The monoisotopic (exact) mass is 294 g/mol. The van der Waals surface area contributed by atoms with Gasteiger partial charge in [-0.25, -0.2) is 0 Å². The number of alkyl halides is 1. The van der Waals surface area contributed by atoms with Gasteiger partial charge in [-0.1, -0.05) is 59.8 Å². The fraction of sp³-hybridized carbons (Fsp3) is 0.600. The molecule has 1 heterocycles. The maximum absolute atomic E-state index is 5.47. The Kier molecular flexibility index (Phi) is 3.53. The number of halogens is 1. The zero-order valence-corrected chi connectivity index (χ0v) is 11.7. The van der Waals surface area contributed by atoms with Gasteiger partial charge in [0.2, 0.25) is 0 Å². The Hall–Kier alpha value is -0.340. The quantitative estimate of drug-likeness (QED) is 0.732. The van der Waals surface area contributed by atoms with E-state index in [0.717, 1.165) is 19.1 Å². The number of benzene rings is 1. The van der Waals surface area contributed by atoms with Crippen LogP contribution in [0.2, 0.25) is 0 Å². The third-order valence-corrected chi connectivity index (χ3v) is 5.02. The normalized spacial score (nSPS) is 21.7. The van der Waals surface area contributed by atoms with Crippen LogP contribution in [0.25, 0.3) is 0 Å². The SMILES string of the molecule is BrC(CC1CCCC1)c1ccc2c(c1)COC2. The Morgan fingerprint density at radius 3 is 2.76 bits per heavy atom. The van der Waals surface area contributed by atoms with E-state index in [9.17, 15) is 0 Å². The van der Waals surface area contributed by atoms with Gasteiger partial charge in [-0.05, 0) is 29.0 Å². The van der Waals surface area contributed by atoms with Gasteiger partial charge < -0.3 is 4.74 Å². The van der Waals surface area contributed by atoms with Crippen LogP contribution in [-0.4, -0.2) is 0 Å². The van der Waals surface area contributed by atoms with Crippen LogP contribution in [0.1, 0.15) is 53.6 Å². The number of rotatable bonds is 3. The predicted molar refractivity (Wildman–Crippen MR) is 73.2 cm³/mol. The van der Waals surface area contributed by atoms with Gasteiger partial charge in [-0.15, -0.1) is 0 Å². The summed E-state index contributed by atoms with van der Waals surface area (Å²) in [7, 11) is 0. The van der Waals surface area contributed by atoms with E-state index in [0.29, 0.717) is 4.83 Å². The summed E-state index contributed by atoms with van der Waals surface area (Å²) in [5.41, 5.74) is 4.19. The summed E-state index contributed by atoms with van der Waals surface area (Å²) in [5, 5.41) is 0. The molecule has 0 amide bonds. The summed E-state index contributed by atoms with van der Waals surface area (Å²) in [6.45, 7) is 1.59. The van der Waals surface area contributed by atoms with Crippen LogP contribution in [0.4, 0.5) is 0 Å². The highest BCUT2D eigenvalue weighted by molar-refractivity contribution is 9.09. The molecule has 17 heavy (non-hydrogen) atoms. The van der Waals surface area contributed by atoms with Crippen molar-refractivity contribution in [3.63, 3.8) is 0 Å². The molecule has 0 radical (unpaired) electrons. The molecule has 1 aromatic rings. The van der Waals surface area contributed by atoms with Gasteiger partial charge in [0, 0.05) is 4.83 Å². The maximum atomic E-state index is 5.47. The van der Waals surface area contributed by atoms with Gasteiger partial charge in [0.1, 0.15) is 0 Å². The van der Waals surface area contributed by atoms with Crippen molar-refractivity contribution in [2.24, 2.45) is 5.92 Å². The van der Waals surface area contributed by atoms with E-state index in [4.69, 9.17) is 4.74 Å². The first-order valence-electron chi connectivity index (χ1n) is 6.66. The van der Waals surface area contributed by atoms with Gasteiger partial charge in [0.05, 0.1) is 13.2 Å². The molecule has 2 aliphatic rings. The van der Waals surface area contributed by atoms with E-state index in [1.807, 2.05) is 0 Å². The number of ether oxygens (including phenoxy) is 1. The molecule has 0 saturated heterocycles. The minimum Gasteiger partial charge on any atom is -0.372 e.